The highest BCUT2D eigenvalue weighted by atomic mass is 35.5. The molecule has 0 aliphatic rings. The van der Waals surface area contributed by atoms with Crippen LogP contribution in [0.1, 0.15) is 45.2 Å². The lowest BCUT2D eigenvalue weighted by molar-refractivity contribution is -0.179. The number of aryl methyl sites for hydroxylation is 1. The summed E-state index contributed by atoms with van der Waals surface area (Å²) >= 11 is 8.24. The second-order valence-corrected chi connectivity index (χ2v) is 11.0. The third-order valence-electron chi connectivity index (χ3n) is 5.81. The minimum absolute atomic E-state index is 0.112. The maximum absolute atomic E-state index is 13.1. The van der Waals surface area contributed by atoms with Crippen molar-refractivity contribution in [2.45, 2.75) is 52.7 Å². The topological polar surface area (TPSA) is 87.9 Å². The number of thiophene rings is 1. The summed E-state index contributed by atoms with van der Waals surface area (Å²) in [6.07, 6.45) is 0.455. The van der Waals surface area contributed by atoms with Gasteiger partial charge in [0.25, 0.3) is 0 Å². The number of hydrogen-bond acceptors (Lipinski definition) is 7. The predicted molar refractivity (Wildman–Crippen MR) is 148 cm³/mol. The van der Waals surface area contributed by atoms with Gasteiger partial charge in [0.15, 0.2) is 5.41 Å². The minimum atomic E-state index is -1.61. The molecular formula is C29H34ClNO5S. The van der Waals surface area contributed by atoms with Gasteiger partial charge in [-0.05, 0) is 74.7 Å². The third-order valence-corrected chi connectivity index (χ3v) is 7.10. The molecule has 37 heavy (non-hydrogen) atoms. The molecule has 8 heteroatoms. The van der Waals surface area contributed by atoms with Gasteiger partial charge in [-0.2, -0.15) is 0 Å². The Morgan fingerprint density at radius 1 is 1.03 bits per heavy atom. The third kappa shape index (κ3) is 7.34. The molecule has 0 fully saturated rings. The van der Waals surface area contributed by atoms with Gasteiger partial charge in [0.1, 0.15) is 18.0 Å². The highest BCUT2D eigenvalue weighted by Gasteiger charge is 2.48. The van der Waals surface area contributed by atoms with Gasteiger partial charge in [-0.25, -0.2) is 0 Å². The van der Waals surface area contributed by atoms with E-state index in [2.05, 4.69) is 0 Å². The Balaban J connectivity index is 1.78. The van der Waals surface area contributed by atoms with Crippen molar-refractivity contribution in [2.75, 3.05) is 13.2 Å². The van der Waals surface area contributed by atoms with E-state index in [9.17, 15) is 9.59 Å². The maximum Gasteiger partial charge on any atom is 0.325 e. The Bertz CT molecular complexity index is 1200. The van der Waals surface area contributed by atoms with Crippen molar-refractivity contribution < 1.29 is 23.8 Å². The Morgan fingerprint density at radius 2 is 1.76 bits per heavy atom. The molecule has 1 heterocycles. The van der Waals surface area contributed by atoms with E-state index in [1.165, 1.54) is 0 Å². The molecule has 0 bridgehead atoms. The maximum atomic E-state index is 13.1. The quantitative estimate of drug-likeness (QED) is 0.221. The molecule has 2 aromatic carbocycles. The van der Waals surface area contributed by atoms with Crippen molar-refractivity contribution in [3.63, 3.8) is 0 Å². The first kappa shape index (κ1) is 28.7. The molecule has 0 radical (unpaired) electrons. The zero-order chi connectivity index (χ0) is 27.1. The molecule has 1 aromatic heterocycles. The van der Waals surface area contributed by atoms with E-state index in [0.717, 1.165) is 27.3 Å². The molecule has 1 atom stereocenters. The number of esters is 2. The zero-order valence-corrected chi connectivity index (χ0v) is 23.3. The summed E-state index contributed by atoms with van der Waals surface area (Å²) in [6.45, 7) is 7.30. The molecule has 3 rings (SSSR count). The highest BCUT2D eigenvalue weighted by molar-refractivity contribution is 7.14. The Hall–Kier alpha value is -2.87. The summed E-state index contributed by atoms with van der Waals surface area (Å²) in [5.74, 6) is -0.585. The second kappa shape index (κ2) is 12.6. The Labute approximate surface area is 227 Å². The molecule has 2 N–H and O–H groups in total. The van der Waals surface area contributed by atoms with E-state index < -0.39 is 23.0 Å². The lowest BCUT2D eigenvalue weighted by Gasteiger charge is -2.31. The molecule has 0 saturated carbocycles. The largest absolute Gasteiger partial charge is 0.487 e. The fourth-order valence-corrected chi connectivity index (χ4v) is 4.91. The monoisotopic (exact) mass is 543 g/mol. The standard InChI is InChI=1S/C29H34ClNO5S/c1-5-34-26(32)29(19-31,27(33)36-28(2,3)4)15-13-21-11-12-22(17-23(21)30)25-24(14-16-37-25)35-18-20-9-7-6-8-10-20/h6-12,14,16-17H,5,13,15,18-19,31H2,1-4H3. The van der Waals surface area contributed by atoms with Crippen molar-refractivity contribution in [1.29, 1.82) is 0 Å². The lowest BCUT2D eigenvalue weighted by Crippen LogP contribution is -2.50. The fourth-order valence-electron chi connectivity index (χ4n) is 3.80. The first-order valence-electron chi connectivity index (χ1n) is 12.2. The van der Waals surface area contributed by atoms with Crippen LogP contribution in [0.5, 0.6) is 5.75 Å². The average Bonchev–Trinajstić information content (AvgIpc) is 3.32. The van der Waals surface area contributed by atoms with Crippen molar-refractivity contribution >= 4 is 34.9 Å². The summed E-state index contributed by atoms with van der Waals surface area (Å²) < 4.78 is 16.8. The van der Waals surface area contributed by atoms with Crippen molar-refractivity contribution in [3.05, 3.63) is 76.1 Å². The van der Waals surface area contributed by atoms with Crippen molar-refractivity contribution in [2.24, 2.45) is 11.1 Å². The van der Waals surface area contributed by atoms with Gasteiger partial charge in [-0.1, -0.05) is 54.1 Å². The van der Waals surface area contributed by atoms with Crippen LogP contribution in [-0.4, -0.2) is 30.7 Å². The number of carbonyl (C=O) groups is 2. The molecule has 0 aliphatic carbocycles. The molecule has 3 aromatic rings. The van der Waals surface area contributed by atoms with Gasteiger partial charge in [0.05, 0.1) is 11.5 Å². The predicted octanol–water partition coefficient (Wildman–Crippen LogP) is 6.43. The molecule has 6 nitrogen and oxygen atoms in total. The van der Waals surface area contributed by atoms with Gasteiger partial charge in [-0.15, -0.1) is 11.3 Å². The first-order valence-corrected chi connectivity index (χ1v) is 13.5. The zero-order valence-electron chi connectivity index (χ0n) is 21.7. The van der Waals surface area contributed by atoms with Crippen LogP contribution < -0.4 is 10.5 Å². The van der Waals surface area contributed by atoms with Crippen LogP contribution in [0.4, 0.5) is 0 Å². The molecule has 1 unspecified atom stereocenters. The summed E-state index contributed by atoms with van der Waals surface area (Å²) in [6, 6.07) is 17.7. The summed E-state index contributed by atoms with van der Waals surface area (Å²) in [5.41, 5.74) is 6.40. The van der Waals surface area contributed by atoms with E-state index in [4.69, 9.17) is 31.5 Å². The first-order chi connectivity index (χ1) is 17.6. The van der Waals surface area contributed by atoms with E-state index in [1.807, 2.05) is 60.0 Å². The summed E-state index contributed by atoms with van der Waals surface area (Å²) in [5, 5.41) is 2.51. The highest BCUT2D eigenvalue weighted by Crippen LogP contribution is 2.38. The van der Waals surface area contributed by atoms with Gasteiger partial charge in [0, 0.05) is 11.6 Å². The van der Waals surface area contributed by atoms with E-state index >= 15 is 0 Å². The van der Waals surface area contributed by atoms with Gasteiger partial charge in [-0.3, -0.25) is 9.59 Å². The van der Waals surface area contributed by atoms with E-state index in [-0.39, 0.29) is 19.6 Å². The summed E-state index contributed by atoms with van der Waals surface area (Å²) in [7, 11) is 0. The Kier molecular flexibility index (Phi) is 9.76. The molecule has 0 spiro atoms. The fraction of sp³-hybridized carbons (Fsp3) is 0.379. The smallest absolute Gasteiger partial charge is 0.325 e. The number of hydrogen-bond donors (Lipinski definition) is 1. The van der Waals surface area contributed by atoms with Crippen LogP contribution in [-0.2, 0) is 32.1 Å². The second-order valence-electron chi connectivity index (χ2n) is 9.70. The molecular weight excluding hydrogens is 510 g/mol. The van der Waals surface area contributed by atoms with Crippen LogP contribution in [0.2, 0.25) is 5.02 Å². The average molecular weight is 544 g/mol. The van der Waals surface area contributed by atoms with Crippen LogP contribution in [0.3, 0.4) is 0 Å². The normalized spacial score (nSPS) is 13.0. The Morgan fingerprint density at radius 3 is 2.38 bits per heavy atom. The van der Waals surface area contributed by atoms with Crippen LogP contribution in [0.15, 0.2) is 60.0 Å². The van der Waals surface area contributed by atoms with Gasteiger partial charge < -0.3 is 19.9 Å². The number of nitrogens with two attached hydrogens (primary N) is 1. The van der Waals surface area contributed by atoms with Gasteiger partial charge in [0.2, 0.25) is 0 Å². The molecule has 0 aliphatic heterocycles. The SMILES string of the molecule is CCOC(=O)C(CN)(CCc1ccc(-c2sccc2OCc2ccccc2)cc1Cl)C(=O)OC(C)(C)C. The number of ether oxygens (including phenoxy) is 3. The van der Waals surface area contributed by atoms with Crippen LogP contribution in [0.25, 0.3) is 10.4 Å². The lowest BCUT2D eigenvalue weighted by atomic mass is 9.81. The van der Waals surface area contributed by atoms with Gasteiger partial charge >= 0.3 is 11.9 Å². The number of rotatable bonds is 11. The summed E-state index contributed by atoms with van der Waals surface area (Å²) in [4.78, 5) is 27.0. The number of benzene rings is 2. The van der Waals surface area contributed by atoms with E-state index in [0.29, 0.717) is 18.1 Å². The molecule has 198 valence electrons. The molecule has 0 saturated heterocycles. The number of halogens is 1. The van der Waals surface area contributed by atoms with Crippen LogP contribution in [0, 0.1) is 5.41 Å². The van der Waals surface area contributed by atoms with Crippen LogP contribution >= 0.6 is 22.9 Å². The molecule has 0 amide bonds. The minimum Gasteiger partial charge on any atom is -0.487 e. The van der Waals surface area contributed by atoms with E-state index in [1.54, 1.807) is 39.0 Å². The number of carbonyl (C=O) groups excluding carboxylic acids is 2. The van der Waals surface area contributed by atoms with Crippen molar-refractivity contribution in [1.82, 2.24) is 0 Å². The van der Waals surface area contributed by atoms with Crippen molar-refractivity contribution in [3.8, 4) is 16.2 Å².